The van der Waals surface area contributed by atoms with E-state index >= 15 is 0 Å². The van der Waals surface area contributed by atoms with E-state index in [0.29, 0.717) is 0 Å². The zero-order chi connectivity index (χ0) is 10.7. The van der Waals surface area contributed by atoms with Gasteiger partial charge in [-0.3, -0.25) is 0 Å². The Bertz CT molecular complexity index is 187. The Kier molecular flexibility index (Phi) is 4.04. The van der Waals surface area contributed by atoms with Crippen molar-refractivity contribution in [2.45, 2.75) is 57.5 Å². The van der Waals surface area contributed by atoms with E-state index in [1.165, 1.54) is 51.6 Å². The molecule has 1 aliphatic heterocycles. The smallest absolute Gasteiger partial charge is 0.0195 e. The minimum atomic E-state index is 0.771. The van der Waals surface area contributed by atoms with Crippen molar-refractivity contribution >= 4 is 0 Å². The van der Waals surface area contributed by atoms with E-state index < -0.39 is 0 Å². The molecule has 1 saturated heterocycles. The quantitative estimate of drug-likeness (QED) is 0.768. The number of hydrogen-bond donors (Lipinski definition) is 1. The fourth-order valence-corrected chi connectivity index (χ4v) is 3.21. The SMILES string of the molecule is CC1CCCC(N(C)C[C@@H]2CCCN2)C1. The summed E-state index contributed by atoms with van der Waals surface area (Å²) in [7, 11) is 2.32. The Morgan fingerprint density at radius 2 is 2.07 bits per heavy atom. The molecule has 0 aromatic carbocycles. The molecule has 0 aromatic rings. The molecule has 0 bridgehead atoms. The average Bonchev–Trinajstić information content (AvgIpc) is 2.70. The summed E-state index contributed by atoms with van der Waals surface area (Å²) in [6, 6.07) is 1.63. The van der Waals surface area contributed by atoms with E-state index in [1.54, 1.807) is 0 Å². The van der Waals surface area contributed by atoms with Gasteiger partial charge < -0.3 is 10.2 Å². The Morgan fingerprint density at radius 1 is 1.20 bits per heavy atom. The van der Waals surface area contributed by atoms with E-state index in [-0.39, 0.29) is 0 Å². The standard InChI is InChI=1S/C13H26N2/c1-11-5-3-7-13(9-11)15(2)10-12-6-4-8-14-12/h11-14H,3-10H2,1-2H3/t11?,12-,13?/m0/s1. The highest BCUT2D eigenvalue weighted by Crippen LogP contribution is 2.26. The first-order valence-electron chi connectivity index (χ1n) is 6.69. The fourth-order valence-electron chi connectivity index (χ4n) is 3.21. The van der Waals surface area contributed by atoms with E-state index in [4.69, 9.17) is 0 Å². The molecule has 88 valence electrons. The largest absolute Gasteiger partial charge is 0.313 e. The lowest BCUT2D eigenvalue weighted by molar-refractivity contribution is 0.153. The van der Waals surface area contributed by atoms with Crippen molar-refractivity contribution in [3.63, 3.8) is 0 Å². The minimum Gasteiger partial charge on any atom is -0.313 e. The second-order valence-electron chi connectivity index (χ2n) is 5.66. The van der Waals surface area contributed by atoms with Crippen LogP contribution in [-0.4, -0.2) is 37.1 Å². The lowest BCUT2D eigenvalue weighted by Gasteiger charge is -2.35. The van der Waals surface area contributed by atoms with Crippen LogP contribution in [-0.2, 0) is 0 Å². The first kappa shape index (κ1) is 11.4. The van der Waals surface area contributed by atoms with Gasteiger partial charge in [0.1, 0.15) is 0 Å². The molecule has 2 unspecified atom stereocenters. The predicted molar refractivity (Wildman–Crippen MR) is 65.1 cm³/mol. The van der Waals surface area contributed by atoms with Gasteiger partial charge in [-0.15, -0.1) is 0 Å². The van der Waals surface area contributed by atoms with Crippen LogP contribution in [0.1, 0.15) is 45.4 Å². The van der Waals surface area contributed by atoms with Crippen LogP contribution in [0.15, 0.2) is 0 Å². The van der Waals surface area contributed by atoms with Gasteiger partial charge in [0.25, 0.3) is 0 Å². The van der Waals surface area contributed by atoms with Crippen molar-refractivity contribution in [3.8, 4) is 0 Å². The van der Waals surface area contributed by atoms with Crippen molar-refractivity contribution in [1.29, 1.82) is 0 Å². The molecule has 1 N–H and O–H groups in total. The number of likely N-dealkylation sites (N-methyl/N-ethyl adjacent to an activating group) is 1. The van der Waals surface area contributed by atoms with Crippen molar-refractivity contribution in [1.82, 2.24) is 10.2 Å². The predicted octanol–water partition coefficient (Wildman–Crippen LogP) is 2.25. The van der Waals surface area contributed by atoms with Crippen LogP contribution in [0, 0.1) is 5.92 Å². The van der Waals surface area contributed by atoms with Crippen molar-refractivity contribution in [2.75, 3.05) is 20.1 Å². The van der Waals surface area contributed by atoms with Crippen molar-refractivity contribution < 1.29 is 0 Å². The first-order valence-corrected chi connectivity index (χ1v) is 6.69. The average molecular weight is 210 g/mol. The summed E-state index contributed by atoms with van der Waals surface area (Å²) < 4.78 is 0. The molecule has 15 heavy (non-hydrogen) atoms. The number of hydrogen-bond acceptors (Lipinski definition) is 2. The summed E-state index contributed by atoms with van der Waals surface area (Å²) in [5.41, 5.74) is 0. The Labute approximate surface area is 94.4 Å². The van der Waals surface area contributed by atoms with Gasteiger partial charge in [0.15, 0.2) is 0 Å². The summed E-state index contributed by atoms with van der Waals surface area (Å²) in [6.45, 7) is 4.91. The van der Waals surface area contributed by atoms with Crippen LogP contribution in [0.2, 0.25) is 0 Å². The van der Waals surface area contributed by atoms with Crippen molar-refractivity contribution in [3.05, 3.63) is 0 Å². The van der Waals surface area contributed by atoms with Crippen LogP contribution < -0.4 is 5.32 Å². The van der Waals surface area contributed by atoms with Crippen LogP contribution in [0.4, 0.5) is 0 Å². The summed E-state index contributed by atoms with van der Waals surface area (Å²) in [6.07, 6.45) is 8.49. The molecule has 2 nitrogen and oxygen atoms in total. The summed E-state index contributed by atoms with van der Waals surface area (Å²) >= 11 is 0. The van der Waals surface area contributed by atoms with Gasteiger partial charge in [0, 0.05) is 18.6 Å². The molecular formula is C13H26N2. The topological polar surface area (TPSA) is 15.3 Å². The Balaban J connectivity index is 1.76. The van der Waals surface area contributed by atoms with E-state index in [2.05, 4.69) is 24.2 Å². The summed E-state index contributed by atoms with van der Waals surface area (Å²) in [5, 5.41) is 3.60. The van der Waals surface area contributed by atoms with Gasteiger partial charge in [-0.2, -0.15) is 0 Å². The van der Waals surface area contributed by atoms with Crippen molar-refractivity contribution in [2.24, 2.45) is 5.92 Å². The highest BCUT2D eigenvalue weighted by atomic mass is 15.2. The first-order chi connectivity index (χ1) is 7.25. The van der Waals surface area contributed by atoms with E-state index in [9.17, 15) is 0 Å². The molecule has 3 atom stereocenters. The van der Waals surface area contributed by atoms with E-state index in [1.807, 2.05) is 0 Å². The second-order valence-corrected chi connectivity index (χ2v) is 5.66. The molecule has 0 amide bonds. The molecule has 0 spiro atoms. The van der Waals surface area contributed by atoms with Gasteiger partial charge in [-0.1, -0.05) is 19.8 Å². The second kappa shape index (κ2) is 5.31. The molecule has 1 saturated carbocycles. The van der Waals surface area contributed by atoms with Crippen LogP contribution in [0.3, 0.4) is 0 Å². The van der Waals surface area contributed by atoms with Gasteiger partial charge in [-0.25, -0.2) is 0 Å². The van der Waals surface area contributed by atoms with E-state index in [0.717, 1.165) is 18.0 Å². The number of rotatable bonds is 3. The monoisotopic (exact) mass is 210 g/mol. The van der Waals surface area contributed by atoms with Gasteiger partial charge >= 0.3 is 0 Å². The van der Waals surface area contributed by atoms with Gasteiger partial charge in [0.05, 0.1) is 0 Å². The van der Waals surface area contributed by atoms with Crippen LogP contribution >= 0.6 is 0 Å². The molecule has 1 aliphatic carbocycles. The molecule has 2 heteroatoms. The highest BCUT2D eigenvalue weighted by molar-refractivity contribution is 4.82. The third kappa shape index (κ3) is 3.18. The number of nitrogens with zero attached hydrogens (tertiary/aromatic N) is 1. The zero-order valence-corrected chi connectivity index (χ0v) is 10.3. The lowest BCUT2D eigenvalue weighted by Crippen LogP contribution is -2.42. The fraction of sp³-hybridized carbons (Fsp3) is 1.00. The summed E-state index contributed by atoms with van der Waals surface area (Å²) in [5.74, 6) is 0.947. The molecule has 2 fully saturated rings. The third-order valence-corrected chi connectivity index (χ3v) is 4.20. The molecule has 1 heterocycles. The van der Waals surface area contributed by atoms with Gasteiger partial charge in [0.2, 0.25) is 0 Å². The lowest BCUT2D eigenvalue weighted by atomic mass is 9.86. The van der Waals surface area contributed by atoms with Crippen LogP contribution in [0.25, 0.3) is 0 Å². The zero-order valence-electron chi connectivity index (χ0n) is 10.3. The Hall–Kier alpha value is -0.0800. The third-order valence-electron chi connectivity index (χ3n) is 4.20. The molecule has 2 rings (SSSR count). The molecule has 0 aromatic heterocycles. The number of nitrogens with one attached hydrogen (secondary N) is 1. The maximum absolute atomic E-state index is 3.60. The minimum absolute atomic E-state index is 0.771. The summed E-state index contributed by atoms with van der Waals surface area (Å²) in [4.78, 5) is 2.61. The Morgan fingerprint density at radius 3 is 2.73 bits per heavy atom. The normalized spacial score (nSPS) is 37.4. The maximum Gasteiger partial charge on any atom is 0.0195 e. The molecule has 2 aliphatic rings. The molecular weight excluding hydrogens is 184 g/mol. The molecule has 0 radical (unpaired) electrons. The maximum atomic E-state index is 3.60. The van der Waals surface area contributed by atoms with Crippen LogP contribution in [0.5, 0.6) is 0 Å². The highest BCUT2D eigenvalue weighted by Gasteiger charge is 2.24. The van der Waals surface area contributed by atoms with Gasteiger partial charge in [-0.05, 0) is 45.2 Å².